The van der Waals surface area contributed by atoms with E-state index in [0.717, 1.165) is 38.5 Å². The smallest absolute Gasteiger partial charge is 0.309 e. The maximum absolute atomic E-state index is 13.0. The summed E-state index contributed by atoms with van der Waals surface area (Å²) in [5.41, 5.74) is -0.470. The molecule has 2 nitrogen and oxygen atoms in total. The largest absolute Gasteiger partial charge is 0.481 e. The molecular weight excluding hydrogens is 717 g/mol. The summed E-state index contributed by atoms with van der Waals surface area (Å²) < 4.78 is 0. The quantitative estimate of drug-likeness (QED) is 0.0620. The summed E-state index contributed by atoms with van der Waals surface area (Å²) in [6, 6.07) is 0. The number of aliphatic carboxylic acids is 1. The van der Waals surface area contributed by atoms with Crippen LogP contribution >= 0.6 is 0 Å². The average molecular weight is 832 g/mol. The van der Waals surface area contributed by atoms with Gasteiger partial charge in [-0.3, -0.25) is 4.79 Å². The normalized spacial score (nSPS) is 11.9. The van der Waals surface area contributed by atoms with Gasteiger partial charge in [0.15, 0.2) is 0 Å². The van der Waals surface area contributed by atoms with E-state index in [4.69, 9.17) is 0 Å². The molecule has 59 heavy (non-hydrogen) atoms. The Morgan fingerprint density at radius 1 is 0.237 bits per heavy atom. The molecule has 0 amide bonds. The molecule has 0 fully saturated rings. The van der Waals surface area contributed by atoms with E-state index in [0.29, 0.717) is 0 Å². The maximum Gasteiger partial charge on any atom is 0.309 e. The van der Waals surface area contributed by atoms with Crippen molar-refractivity contribution in [3.05, 3.63) is 0 Å². The fraction of sp³-hybridized carbons (Fsp3) is 0.982. The predicted molar refractivity (Wildman–Crippen MR) is 267 cm³/mol. The standard InChI is InChI=1S/C57H114O2/c1-4-7-10-13-16-19-22-25-27-29-31-33-36-39-42-45-48-51-54-57(56(58)59,53-50-47-44-41-38-35-24-21-18-15-12-9-6-3)55-52-49-46-43-40-37-34-32-30-28-26-23-20-17-14-11-8-5-2/h4-55H2,1-3H3,(H,58,59). The second kappa shape index (κ2) is 50.1. The highest BCUT2D eigenvalue weighted by atomic mass is 16.4. The van der Waals surface area contributed by atoms with Crippen molar-refractivity contribution >= 4 is 5.97 Å². The molecule has 0 saturated carbocycles. The zero-order valence-electron chi connectivity index (χ0n) is 41.6. The molecule has 0 unspecified atom stereocenters. The van der Waals surface area contributed by atoms with Crippen LogP contribution in [0.25, 0.3) is 0 Å². The Balaban J connectivity index is 4.28. The van der Waals surface area contributed by atoms with Crippen molar-refractivity contribution in [1.29, 1.82) is 0 Å². The molecule has 0 radical (unpaired) electrons. The third-order valence-corrected chi connectivity index (χ3v) is 14.2. The van der Waals surface area contributed by atoms with E-state index in [-0.39, 0.29) is 0 Å². The monoisotopic (exact) mass is 831 g/mol. The molecule has 0 heterocycles. The van der Waals surface area contributed by atoms with Crippen LogP contribution in [0.3, 0.4) is 0 Å². The van der Waals surface area contributed by atoms with Crippen LogP contribution in [-0.2, 0) is 4.79 Å². The Bertz CT molecular complexity index is 735. The maximum atomic E-state index is 13.0. The predicted octanol–water partition coefficient (Wildman–Crippen LogP) is 21.4. The molecule has 0 spiro atoms. The Morgan fingerprint density at radius 2 is 0.356 bits per heavy atom. The molecular formula is C57H114O2. The second-order valence-corrected chi connectivity index (χ2v) is 20.1. The van der Waals surface area contributed by atoms with Gasteiger partial charge in [0, 0.05) is 0 Å². The number of hydrogen-bond donors (Lipinski definition) is 1. The van der Waals surface area contributed by atoms with Crippen molar-refractivity contribution in [2.45, 2.75) is 355 Å². The van der Waals surface area contributed by atoms with E-state index in [9.17, 15) is 9.90 Å². The van der Waals surface area contributed by atoms with Gasteiger partial charge in [0.1, 0.15) is 0 Å². The fourth-order valence-corrected chi connectivity index (χ4v) is 9.91. The van der Waals surface area contributed by atoms with Gasteiger partial charge in [-0.05, 0) is 19.3 Å². The van der Waals surface area contributed by atoms with E-state index >= 15 is 0 Å². The number of carbonyl (C=O) groups is 1. The van der Waals surface area contributed by atoms with Gasteiger partial charge in [0.25, 0.3) is 0 Å². The van der Waals surface area contributed by atoms with E-state index in [1.807, 2.05) is 0 Å². The van der Waals surface area contributed by atoms with Crippen LogP contribution in [0.2, 0.25) is 0 Å². The molecule has 2 heteroatoms. The van der Waals surface area contributed by atoms with Crippen molar-refractivity contribution in [3.63, 3.8) is 0 Å². The lowest BCUT2D eigenvalue weighted by Crippen LogP contribution is -2.31. The lowest BCUT2D eigenvalue weighted by molar-refractivity contribution is -0.150. The minimum atomic E-state index is -0.476. The SMILES string of the molecule is CCCCCCCCCCCCCCCCCCCCC(CCCCCCCCCCCCCCC)(CCCCCCCCCCCCCCCCCCCC)C(=O)O. The van der Waals surface area contributed by atoms with Crippen LogP contribution in [0.1, 0.15) is 355 Å². The summed E-state index contributed by atoms with van der Waals surface area (Å²) in [4.78, 5) is 13.0. The first kappa shape index (κ1) is 58.5. The summed E-state index contributed by atoms with van der Waals surface area (Å²) in [6.45, 7) is 6.91. The first-order valence-electron chi connectivity index (χ1n) is 28.4. The van der Waals surface area contributed by atoms with Crippen molar-refractivity contribution < 1.29 is 9.90 Å². The second-order valence-electron chi connectivity index (χ2n) is 20.1. The van der Waals surface area contributed by atoms with Crippen LogP contribution in [0.15, 0.2) is 0 Å². The highest BCUT2D eigenvalue weighted by molar-refractivity contribution is 5.74. The molecule has 0 aliphatic carbocycles. The number of hydrogen-bond acceptors (Lipinski definition) is 1. The molecule has 0 bridgehead atoms. The summed E-state index contributed by atoms with van der Waals surface area (Å²) in [5.74, 6) is -0.476. The molecule has 0 aromatic carbocycles. The first-order chi connectivity index (χ1) is 29.1. The molecule has 0 rings (SSSR count). The van der Waals surface area contributed by atoms with Gasteiger partial charge in [0.05, 0.1) is 5.41 Å². The van der Waals surface area contributed by atoms with Crippen LogP contribution < -0.4 is 0 Å². The van der Waals surface area contributed by atoms with Gasteiger partial charge in [-0.25, -0.2) is 0 Å². The third kappa shape index (κ3) is 43.9. The number of carboxylic acid groups (broad SMARTS) is 1. The lowest BCUT2D eigenvalue weighted by Gasteiger charge is -2.30. The molecule has 0 aliphatic rings. The average Bonchev–Trinajstić information content (AvgIpc) is 3.24. The molecule has 0 aliphatic heterocycles. The van der Waals surface area contributed by atoms with Crippen molar-refractivity contribution in [1.82, 2.24) is 0 Å². The van der Waals surface area contributed by atoms with E-state index in [1.54, 1.807) is 0 Å². The Labute approximate surface area is 374 Å². The molecule has 0 saturated heterocycles. The summed E-state index contributed by atoms with van der Waals surface area (Å²) >= 11 is 0. The molecule has 0 atom stereocenters. The number of unbranched alkanes of at least 4 members (excludes halogenated alkanes) is 46. The minimum absolute atomic E-state index is 0.470. The first-order valence-corrected chi connectivity index (χ1v) is 28.4. The van der Waals surface area contributed by atoms with Crippen LogP contribution in [0.5, 0.6) is 0 Å². The van der Waals surface area contributed by atoms with Gasteiger partial charge in [-0.2, -0.15) is 0 Å². The minimum Gasteiger partial charge on any atom is -0.481 e. The highest BCUT2D eigenvalue weighted by Gasteiger charge is 2.36. The zero-order chi connectivity index (χ0) is 42.8. The zero-order valence-corrected chi connectivity index (χ0v) is 41.6. The van der Waals surface area contributed by atoms with Crippen molar-refractivity contribution in [2.24, 2.45) is 5.41 Å². The summed E-state index contributed by atoms with van der Waals surface area (Å²) in [5, 5.41) is 10.7. The Morgan fingerprint density at radius 3 is 0.475 bits per heavy atom. The van der Waals surface area contributed by atoms with Crippen molar-refractivity contribution in [3.8, 4) is 0 Å². The number of rotatable bonds is 53. The molecule has 1 N–H and O–H groups in total. The summed E-state index contributed by atoms with van der Waals surface area (Å²) in [7, 11) is 0. The third-order valence-electron chi connectivity index (χ3n) is 14.2. The Hall–Kier alpha value is -0.530. The van der Waals surface area contributed by atoms with Gasteiger partial charge in [-0.15, -0.1) is 0 Å². The van der Waals surface area contributed by atoms with Gasteiger partial charge in [-0.1, -0.05) is 335 Å². The van der Waals surface area contributed by atoms with Crippen LogP contribution in [0.4, 0.5) is 0 Å². The molecule has 0 aromatic rings. The fourth-order valence-electron chi connectivity index (χ4n) is 9.91. The summed E-state index contributed by atoms with van der Waals surface area (Å²) in [6.07, 6.45) is 70.3. The van der Waals surface area contributed by atoms with Crippen LogP contribution in [0, 0.1) is 5.41 Å². The highest BCUT2D eigenvalue weighted by Crippen LogP contribution is 2.38. The van der Waals surface area contributed by atoms with Crippen molar-refractivity contribution in [2.75, 3.05) is 0 Å². The Kier molecular flexibility index (Phi) is 49.7. The van der Waals surface area contributed by atoms with E-state index in [1.165, 1.54) is 295 Å². The topological polar surface area (TPSA) is 37.3 Å². The van der Waals surface area contributed by atoms with E-state index < -0.39 is 11.4 Å². The molecule has 354 valence electrons. The van der Waals surface area contributed by atoms with Gasteiger partial charge >= 0.3 is 5.97 Å². The van der Waals surface area contributed by atoms with E-state index in [2.05, 4.69) is 20.8 Å². The molecule has 0 aromatic heterocycles. The van der Waals surface area contributed by atoms with Gasteiger partial charge in [0.2, 0.25) is 0 Å². The number of carboxylic acids is 1. The van der Waals surface area contributed by atoms with Gasteiger partial charge < -0.3 is 5.11 Å². The van der Waals surface area contributed by atoms with Crippen LogP contribution in [-0.4, -0.2) is 11.1 Å². The lowest BCUT2D eigenvalue weighted by atomic mass is 9.74.